The fourth-order valence-electron chi connectivity index (χ4n) is 2.37. The van der Waals surface area contributed by atoms with E-state index in [9.17, 15) is 27.6 Å². The van der Waals surface area contributed by atoms with Gasteiger partial charge in [-0.1, -0.05) is 17.2 Å². The molecule has 0 aliphatic carbocycles. The van der Waals surface area contributed by atoms with Crippen molar-refractivity contribution in [3.8, 4) is 0 Å². The first-order chi connectivity index (χ1) is 11.3. The summed E-state index contributed by atoms with van der Waals surface area (Å²) in [6.45, 7) is -0.602. The number of hydrogen-bond donors (Lipinski definition) is 0. The Balaban J connectivity index is 1.78. The zero-order chi connectivity index (χ0) is 17.5. The van der Waals surface area contributed by atoms with Gasteiger partial charge in [0.1, 0.15) is 0 Å². The summed E-state index contributed by atoms with van der Waals surface area (Å²) in [4.78, 5) is 40.6. The largest absolute Gasteiger partial charge is 0.417 e. The van der Waals surface area contributed by atoms with Gasteiger partial charge in [-0.25, -0.2) is 4.79 Å². The molecular formula is C14H10F3NO6. The van der Waals surface area contributed by atoms with Gasteiger partial charge in [-0.3, -0.25) is 9.59 Å². The number of hydroxylamine groups is 2. The Morgan fingerprint density at radius 2 is 1.62 bits per heavy atom. The molecule has 2 heterocycles. The molecule has 1 saturated heterocycles. The van der Waals surface area contributed by atoms with Crippen LogP contribution in [0.5, 0.6) is 0 Å². The van der Waals surface area contributed by atoms with Crippen LogP contribution in [0.25, 0.3) is 0 Å². The Kier molecular flexibility index (Phi) is 4.01. The van der Waals surface area contributed by atoms with Crippen LogP contribution in [0, 0.1) is 0 Å². The van der Waals surface area contributed by atoms with Gasteiger partial charge >= 0.3 is 12.1 Å². The molecule has 2 amide bonds. The summed E-state index contributed by atoms with van der Waals surface area (Å²) in [5, 5.41) is 0.123. The third-order valence-corrected chi connectivity index (χ3v) is 3.45. The third kappa shape index (κ3) is 2.74. The molecule has 128 valence electrons. The second-order valence-electron chi connectivity index (χ2n) is 4.98. The average Bonchev–Trinajstić information content (AvgIpc) is 2.79. The molecule has 10 heteroatoms. The molecule has 0 unspecified atom stereocenters. The first-order valence-corrected chi connectivity index (χ1v) is 6.80. The third-order valence-electron chi connectivity index (χ3n) is 3.45. The van der Waals surface area contributed by atoms with Crippen LogP contribution < -0.4 is 0 Å². The Labute approximate surface area is 132 Å². The Morgan fingerprint density at radius 3 is 2.17 bits per heavy atom. The van der Waals surface area contributed by atoms with E-state index in [1.807, 2.05) is 0 Å². The minimum Gasteiger partial charge on any atom is -0.363 e. The van der Waals surface area contributed by atoms with Crippen molar-refractivity contribution in [3.05, 3.63) is 35.4 Å². The lowest BCUT2D eigenvalue weighted by Gasteiger charge is -2.31. The van der Waals surface area contributed by atoms with Gasteiger partial charge < -0.3 is 14.3 Å². The van der Waals surface area contributed by atoms with E-state index in [-0.39, 0.29) is 29.4 Å². The van der Waals surface area contributed by atoms with E-state index in [2.05, 4.69) is 9.57 Å². The smallest absolute Gasteiger partial charge is 0.363 e. The highest BCUT2D eigenvalue weighted by Gasteiger charge is 2.53. The van der Waals surface area contributed by atoms with E-state index in [1.54, 1.807) is 0 Å². The number of nitrogens with zero attached hydrogens (tertiary/aromatic N) is 1. The molecule has 0 radical (unpaired) electrons. The quantitative estimate of drug-likeness (QED) is 0.747. The lowest BCUT2D eigenvalue weighted by Crippen LogP contribution is -2.53. The molecule has 7 nitrogen and oxygen atoms in total. The highest BCUT2D eigenvalue weighted by Crippen LogP contribution is 2.30. The van der Waals surface area contributed by atoms with Gasteiger partial charge in [0, 0.05) is 0 Å². The van der Waals surface area contributed by atoms with Crippen molar-refractivity contribution in [3.63, 3.8) is 0 Å². The first kappa shape index (κ1) is 16.4. The monoisotopic (exact) mass is 345 g/mol. The summed E-state index contributed by atoms with van der Waals surface area (Å²) in [6.07, 6.45) is -9.52. The maximum Gasteiger partial charge on any atom is 0.417 e. The van der Waals surface area contributed by atoms with E-state index in [4.69, 9.17) is 4.74 Å². The van der Waals surface area contributed by atoms with Gasteiger partial charge in [0.05, 0.1) is 24.3 Å². The molecule has 0 aromatic heterocycles. The summed E-state index contributed by atoms with van der Waals surface area (Å²) in [7, 11) is 0. The predicted octanol–water partition coefficient (Wildman–Crippen LogP) is 1.09. The van der Waals surface area contributed by atoms with Gasteiger partial charge in [0.25, 0.3) is 11.8 Å². The second kappa shape index (κ2) is 5.87. The van der Waals surface area contributed by atoms with Crippen molar-refractivity contribution in [1.82, 2.24) is 5.06 Å². The number of rotatable bonds is 2. The van der Waals surface area contributed by atoms with Crippen LogP contribution in [0.15, 0.2) is 24.3 Å². The summed E-state index contributed by atoms with van der Waals surface area (Å²) in [6, 6.07) is 5.66. The molecule has 2 aliphatic heterocycles. The van der Waals surface area contributed by atoms with Crippen LogP contribution in [0.3, 0.4) is 0 Å². The van der Waals surface area contributed by atoms with Crippen LogP contribution in [0.1, 0.15) is 20.7 Å². The maximum absolute atomic E-state index is 12.9. The molecule has 24 heavy (non-hydrogen) atoms. The number of amides is 2. The predicted molar refractivity (Wildman–Crippen MR) is 68.6 cm³/mol. The number of benzene rings is 1. The molecule has 0 saturated carbocycles. The highest BCUT2D eigenvalue weighted by molar-refractivity contribution is 6.20. The second-order valence-corrected chi connectivity index (χ2v) is 4.98. The number of ether oxygens (including phenoxy) is 2. The topological polar surface area (TPSA) is 82.1 Å². The Morgan fingerprint density at radius 1 is 1.08 bits per heavy atom. The molecule has 1 fully saturated rings. The number of carbonyl (C=O) groups excluding carboxylic acids is 3. The van der Waals surface area contributed by atoms with Crippen molar-refractivity contribution in [2.45, 2.75) is 18.4 Å². The Bertz CT molecular complexity index is 669. The number of hydrogen-bond acceptors (Lipinski definition) is 6. The van der Waals surface area contributed by atoms with Gasteiger partial charge in [-0.15, -0.1) is 0 Å². The average molecular weight is 345 g/mol. The van der Waals surface area contributed by atoms with Crippen molar-refractivity contribution in [2.75, 3.05) is 13.2 Å². The molecule has 1 aromatic carbocycles. The minimum absolute atomic E-state index is 0.0107. The molecule has 0 spiro atoms. The van der Waals surface area contributed by atoms with E-state index >= 15 is 0 Å². The van der Waals surface area contributed by atoms with Crippen molar-refractivity contribution >= 4 is 17.8 Å². The summed E-state index contributed by atoms with van der Waals surface area (Å²) in [5.41, 5.74) is -0.0213. The van der Waals surface area contributed by atoms with Crippen LogP contribution in [-0.2, 0) is 19.1 Å². The number of fused-ring (bicyclic) bond motifs is 1. The highest BCUT2D eigenvalue weighted by atomic mass is 19.4. The summed E-state index contributed by atoms with van der Waals surface area (Å²) in [5.74, 6) is -3.42. The molecular weight excluding hydrogens is 335 g/mol. The van der Waals surface area contributed by atoms with Crippen molar-refractivity contribution in [2.24, 2.45) is 0 Å². The van der Waals surface area contributed by atoms with Crippen LogP contribution in [0.4, 0.5) is 13.2 Å². The fourth-order valence-corrected chi connectivity index (χ4v) is 2.37. The SMILES string of the molecule is O=C(ON1C(=O)c2ccccc2C1=O)[C@H]1OCCO[C@H]1C(F)(F)F. The summed E-state index contributed by atoms with van der Waals surface area (Å²) < 4.78 is 47.9. The van der Waals surface area contributed by atoms with E-state index in [0.717, 1.165) is 0 Å². The molecule has 2 aliphatic rings. The van der Waals surface area contributed by atoms with Gasteiger partial charge in [-0.05, 0) is 12.1 Å². The van der Waals surface area contributed by atoms with E-state index < -0.39 is 36.2 Å². The molecule has 2 atom stereocenters. The minimum atomic E-state index is -4.87. The number of imide groups is 1. The lowest BCUT2D eigenvalue weighted by molar-refractivity contribution is -0.280. The molecule has 0 bridgehead atoms. The first-order valence-electron chi connectivity index (χ1n) is 6.80. The van der Waals surface area contributed by atoms with E-state index in [1.165, 1.54) is 24.3 Å². The van der Waals surface area contributed by atoms with Gasteiger partial charge in [0.15, 0.2) is 12.2 Å². The van der Waals surface area contributed by atoms with Gasteiger partial charge in [0.2, 0.25) is 0 Å². The van der Waals surface area contributed by atoms with Crippen LogP contribution >= 0.6 is 0 Å². The zero-order valence-corrected chi connectivity index (χ0v) is 11.9. The van der Waals surface area contributed by atoms with Crippen molar-refractivity contribution in [1.29, 1.82) is 0 Å². The molecule has 0 N–H and O–H groups in total. The lowest BCUT2D eigenvalue weighted by atomic mass is 10.1. The maximum atomic E-state index is 12.9. The van der Waals surface area contributed by atoms with E-state index in [0.29, 0.717) is 0 Å². The standard InChI is InChI=1S/C14H10F3NO6/c15-14(16,17)10-9(22-5-6-23-10)13(21)24-18-11(19)7-3-1-2-4-8(7)12(18)20/h1-4,9-10H,5-6H2/t9-,10+/m0/s1. The number of alkyl halides is 3. The van der Waals surface area contributed by atoms with Crippen LogP contribution in [0.2, 0.25) is 0 Å². The Hall–Kier alpha value is -2.46. The normalized spacial score (nSPS) is 24.0. The number of halogens is 3. The number of carbonyl (C=O) groups is 3. The zero-order valence-electron chi connectivity index (χ0n) is 11.9. The van der Waals surface area contributed by atoms with Crippen molar-refractivity contribution < 1.29 is 41.9 Å². The molecule has 1 aromatic rings. The fraction of sp³-hybridized carbons (Fsp3) is 0.357. The summed E-state index contributed by atoms with van der Waals surface area (Å²) >= 11 is 0. The molecule has 3 rings (SSSR count). The van der Waals surface area contributed by atoms with Crippen LogP contribution in [-0.4, -0.2) is 54.4 Å². The van der Waals surface area contributed by atoms with Gasteiger partial charge in [-0.2, -0.15) is 13.2 Å².